The predicted molar refractivity (Wildman–Crippen MR) is 102 cm³/mol. The lowest BCUT2D eigenvalue weighted by Crippen LogP contribution is -2.37. The Kier molecular flexibility index (Phi) is 7.02. The maximum atomic E-state index is 11.7. The van der Waals surface area contributed by atoms with Gasteiger partial charge in [0.2, 0.25) is 5.91 Å². The van der Waals surface area contributed by atoms with Crippen LogP contribution in [-0.4, -0.2) is 18.0 Å². The fourth-order valence-corrected chi connectivity index (χ4v) is 2.60. The van der Waals surface area contributed by atoms with Crippen molar-refractivity contribution >= 4 is 5.91 Å². The van der Waals surface area contributed by atoms with Gasteiger partial charge in [-0.25, -0.2) is 0 Å². The zero-order chi connectivity index (χ0) is 18.2. The van der Waals surface area contributed by atoms with Crippen LogP contribution in [-0.2, 0) is 17.8 Å². The van der Waals surface area contributed by atoms with Gasteiger partial charge in [-0.3, -0.25) is 4.79 Å². The Hall–Kier alpha value is -2.33. The van der Waals surface area contributed by atoms with Crippen LogP contribution in [0.25, 0.3) is 0 Å². The second-order valence-corrected chi connectivity index (χ2v) is 6.77. The van der Waals surface area contributed by atoms with Gasteiger partial charge in [0.1, 0.15) is 12.4 Å². The van der Waals surface area contributed by atoms with E-state index in [1.165, 1.54) is 5.56 Å². The number of carbonyl (C=O) groups excluding carboxylic acids is 1. The molecule has 2 aromatic rings. The molecule has 2 atom stereocenters. The molecule has 0 fully saturated rings. The molecular weight excluding hydrogens is 312 g/mol. The number of nitrogens with one attached hydrogen (secondary N) is 1. The SMILES string of the molecule is Cc1ccc(COc2ccc(CC(C)NC(=O)CC(C)N)cc2)cc1. The minimum atomic E-state index is -0.114. The van der Waals surface area contributed by atoms with Crippen molar-refractivity contribution in [2.75, 3.05) is 0 Å². The largest absolute Gasteiger partial charge is 0.489 e. The van der Waals surface area contributed by atoms with Gasteiger partial charge in [-0.15, -0.1) is 0 Å². The Morgan fingerprint density at radius 2 is 1.64 bits per heavy atom. The van der Waals surface area contributed by atoms with E-state index in [9.17, 15) is 4.79 Å². The summed E-state index contributed by atoms with van der Waals surface area (Å²) in [5.41, 5.74) is 9.20. The van der Waals surface area contributed by atoms with Crippen molar-refractivity contribution in [2.24, 2.45) is 5.73 Å². The average Bonchev–Trinajstić information content (AvgIpc) is 2.54. The first-order valence-electron chi connectivity index (χ1n) is 8.74. The van der Waals surface area contributed by atoms with Crippen molar-refractivity contribution in [1.82, 2.24) is 5.32 Å². The summed E-state index contributed by atoms with van der Waals surface area (Å²) in [4.78, 5) is 11.7. The van der Waals surface area contributed by atoms with Gasteiger partial charge in [-0.1, -0.05) is 42.0 Å². The number of carbonyl (C=O) groups is 1. The summed E-state index contributed by atoms with van der Waals surface area (Å²) in [7, 11) is 0. The van der Waals surface area contributed by atoms with Crippen LogP contribution in [0.4, 0.5) is 0 Å². The van der Waals surface area contributed by atoms with Gasteiger partial charge in [0.15, 0.2) is 0 Å². The Morgan fingerprint density at radius 3 is 2.24 bits per heavy atom. The number of nitrogens with two attached hydrogens (primary N) is 1. The molecule has 25 heavy (non-hydrogen) atoms. The van der Waals surface area contributed by atoms with Gasteiger partial charge in [0.25, 0.3) is 0 Å². The number of hydrogen-bond donors (Lipinski definition) is 2. The highest BCUT2D eigenvalue weighted by Crippen LogP contribution is 2.15. The highest BCUT2D eigenvalue weighted by molar-refractivity contribution is 5.76. The number of benzene rings is 2. The first-order valence-corrected chi connectivity index (χ1v) is 8.74. The van der Waals surface area contributed by atoms with E-state index in [1.807, 2.05) is 38.1 Å². The van der Waals surface area contributed by atoms with Gasteiger partial charge in [-0.2, -0.15) is 0 Å². The minimum Gasteiger partial charge on any atom is -0.489 e. The van der Waals surface area contributed by atoms with E-state index in [0.717, 1.165) is 23.3 Å². The van der Waals surface area contributed by atoms with Crippen molar-refractivity contribution < 1.29 is 9.53 Å². The molecule has 2 rings (SSSR count). The second-order valence-electron chi connectivity index (χ2n) is 6.77. The molecule has 134 valence electrons. The van der Waals surface area contributed by atoms with Crippen molar-refractivity contribution in [3.05, 3.63) is 65.2 Å². The molecule has 2 unspecified atom stereocenters. The van der Waals surface area contributed by atoms with Crippen LogP contribution in [0.15, 0.2) is 48.5 Å². The normalized spacial score (nSPS) is 13.1. The number of rotatable bonds is 8. The highest BCUT2D eigenvalue weighted by Gasteiger charge is 2.10. The first-order chi connectivity index (χ1) is 11.9. The van der Waals surface area contributed by atoms with Crippen molar-refractivity contribution in [2.45, 2.75) is 52.3 Å². The molecule has 0 aliphatic rings. The standard InChI is InChI=1S/C21H28N2O2/c1-15-4-6-19(7-5-15)14-25-20-10-8-18(9-11-20)13-17(3)23-21(24)12-16(2)22/h4-11,16-17H,12-14,22H2,1-3H3,(H,23,24). The fourth-order valence-electron chi connectivity index (χ4n) is 2.60. The third-order valence-corrected chi connectivity index (χ3v) is 3.91. The van der Waals surface area contributed by atoms with Crippen LogP contribution < -0.4 is 15.8 Å². The van der Waals surface area contributed by atoms with Crippen LogP contribution in [0.5, 0.6) is 5.75 Å². The van der Waals surface area contributed by atoms with Gasteiger partial charge in [0, 0.05) is 18.5 Å². The Labute approximate surface area is 150 Å². The summed E-state index contributed by atoms with van der Waals surface area (Å²) in [6.07, 6.45) is 1.14. The summed E-state index contributed by atoms with van der Waals surface area (Å²) in [6.45, 7) is 6.47. The lowest BCUT2D eigenvalue weighted by molar-refractivity contribution is -0.121. The molecule has 1 amide bonds. The summed E-state index contributed by atoms with van der Waals surface area (Å²) in [5, 5.41) is 2.98. The molecule has 0 aliphatic heterocycles. The molecule has 0 aromatic heterocycles. The summed E-state index contributed by atoms with van der Waals surface area (Å²) >= 11 is 0. The molecule has 0 aliphatic carbocycles. The molecule has 4 nitrogen and oxygen atoms in total. The molecule has 3 N–H and O–H groups in total. The lowest BCUT2D eigenvalue weighted by Gasteiger charge is -2.15. The number of amides is 1. The predicted octanol–water partition coefficient (Wildman–Crippen LogP) is 3.36. The quantitative estimate of drug-likeness (QED) is 0.774. The molecule has 2 aromatic carbocycles. The molecule has 0 heterocycles. The summed E-state index contributed by atoms with van der Waals surface area (Å²) in [5.74, 6) is 0.846. The fraction of sp³-hybridized carbons (Fsp3) is 0.381. The van der Waals surface area contributed by atoms with E-state index >= 15 is 0 Å². The molecule has 4 heteroatoms. The summed E-state index contributed by atoms with van der Waals surface area (Å²) in [6, 6.07) is 16.3. The van der Waals surface area contributed by atoms with Crippen LogP contribution in [0.2, 0.25) is 0 Å². The van der Waals surface area contributed by atoms with E-state index in [4.69, 9.17) is 10.5 Å². The van der Waals surface area contributed by atoms with E-state index in [2.05, 4.69) is 36.5 Å². The maximum absolute atomic E-state index is 11.7. The molecule has 0 radical (unpaired) electrons. The van der Waals surface area contributed by atoms with Crippen LogP contribution in [0.3, 0.4) is 0 Å². The van der Waals surface area contributed by atoms with Gasteiger partial charge < -0.3 is 15.8 Å². The highest BCUT2D eigenvalue weighted by atomic mass is 16.5. The smallest absolute Gasteiger partial charge is 0.221 e. The molecule has 0 spiro atoms. The van der Waals surface area contributed by atoms with Crippen molar-refractivity contribution in [3.8, 4) is 5.75 Å². The monoisotopic (exact) mass is 340 g/mol. The first kappa shape index (κ1) is 19.0. The maximum Gasteiger partial charge on any atom is 0.221 e. The van der Waals surface area contributed by atoms with Crippen LogP contribution in [0.1, 0.15) is 37.0 Å². The van der Waals surface area contributed by atoms with E-state index in [0.29, 0.717) is 13.0 Å². The van der Waals surface area contributed by atoms with Gasteiger partial charge in [0.05, 0.1) is 0 Å². The van der Waals surface area contributed by atoms with E-state index in [-0.39, 0.29) is 18.0 Å². The zero-order valence-electron chi connectivity index (χ0n) is 15.3. The number of aryl methyl sites for hydroxylation is 1. The second kappa shape index (κ2) is 9.23. The molecular formula is C21H28N2O2. The minimum absolute atomic E-state index is 0.000510. The zero-order valence-corrected chi connectivity index (χ0v) is 15.3. The molecule has 0 saturated heterocycles. The Balaban J connectivity index is 1.80. The van der Waals surface area contributed by atoms with Crippen LogP contribution >= 0.6 is 0 Å². The van der Waals surface area contributed by atoms with Crippen molar-refractivity contribution in [1.29, 1.82) is 0 Å². The van der Waals surface area contributed by atoms with Gasteiger partial charge in [-0.05, 0) is 50.5 Å². The number of ether oxygens (including phenoxy) is 1. The molecule has 0 bridgehead atoms. The van der Waals surface area contributed by atoms with E-state index in [1.54, 1.807) is 0 Å². The summed E-state index contributed by atoms with van der Waals surface area (Å²) < 4.78 is 5.82. The van der Waals surface area contributed by atoms with Gasteiger partial charge >= 0.3 is 0 Å². The number of hydrogen-bond acceptors (Lipinski definition) is 3. The molecule has 0 saturated carbocycles. The Morgan fingerprint density at radius 1 is 1.04 bits per heavy atom. The lowest BCUT2D eigenvalue weighted by atomic mass is 10.1. The third-order valence-electron chi connectivity index (χ3n) is 3.91. The van der Waals surface area contributed by atoms with Crippen LogP contribution in [0, 0.1) is 6.92 Å². The Bertz CT molecular complexity index is 663. The van der Waals surface area contributed by atoms with Crippen molar-refractivity contribution in [3.63, 3.8) is 0 Å². The topological polar surface area (TPSA) is 64.3 Å². The van der Waals surface area contributed by atoms with E-state index < -0.39 is 0 Å². The average molecular weight is 340 g/mol. The third kappa shape index (κ3) is 6.98.